The number of benzene rings is 1. The molecule has 0 radical (unpaired) electrons. The highest BCUT2D eigenvalue weighted by molar-refractivity contribution is 7.99. The number of carbonyl (C=O) groups excluding carboxylic acids is 1. The summed E-state index contributed by atoms with van der Waals surface area (Å²) < 4.78 is 0. The van der Waals surface area contributed by atoms with Crippen molar-refractivity contribution >= 4 is 40.9 Å². The van der Waals surface area contributed by atoms with Crippen LogP contribution in [0.1, 0.15) is 24.5 Å². The van der Waals surface area contributed by atoms with Crippen molar-refractivity contribution in [1.82, 2.24) is 4.90 Å². The molecule has 0 spiro atoms. The fourth-order valence-corrected chi connectivity index (χ4v) is 3.95. The van der Waals surface area contributed by atoms with Gasteiger partial charge >= 0.3 is 0 Å². The minimum Gasteiger partial charge on any atom is -0.395 e. The van der Waals surface area contributed by atoms with Gasteiger partial charge in [-0.1, -0.05) is 29.3 Å². The molecule has 1 aromatic rings. The lowest BCUT2D eigenvalue weighted by Crippen LogP contribution is -2.46. The Labute approximate surface area is 144 Å². The molecule has 0 aliphatic carbocycles. The Hall–Kier alpha value is -0.460. The van der Waals surface area contributed by atoms with Crippen LogP contribution in [0.4, 0.5) is 0 Å². The monoisotopic (exact) mass is 363 g/mol. The zero-order valence-corrected chi connectivity index (χ0v) is 14.4. The molecule has 0 saturated carbocycles. The summed E-state index contributed by atoms with van der Waals surface area (Å²) in [6, 6.07) is 4.71. The van der Waals surface area contributed by atoms with E-state index in [1.807, 2.05) is 11.8 Å². The minimum absolute atomic E-state index is 0.0679. The first-order valence-corrected chi connectivity index (χ1v) is 9.07. The van der Waals surface area contributed by atoms with E-state index in [2.05, 4.69) is 0 Å². The van der Waals surface area contributed by atoms with Crippen molar-refractivity contribution in [3.63, 3.8) is 0 Å². The van der Waals surface area contributed by atoms with Crippen molar-refractivity contribution in [2.75, 3.05) is 24.7 Å². The second-order valence-corrected chi connectivity index (χ2v) is 7.21. The molecule has 1 aliphatic rings. The van der Waals surface area contributed by atoms with Crippen LogP contribution in [0.3, 0.4) is 0 Å². The number of thioether (sulfide) groups is 1. The first-order chi connectivity index (χ1) is 10.5. The number of nitrogens with zero attached hydrogens (tertiary/aromatic N) is 1. The zero-order chi connectivity index (χ0) is 16.1. The summed E-state index contributed by atoms with van der Waals surface area (Å²) in [5.74, 6) is 1.58. The van der Waals surface area contributed by atoms with Crippen molar-refractivity contribution in [2.45, 2.75) is 25.0 Å². The summed E-state index contributed by atoms with van der Waals surface area (Å²) in [4.78, 5) is 14.2. The molecule has 1 amide bonds. The molecule has 1 saturated heterocycles. The first-order valence-electron chi connectivity index (χ1n) is 7.16. The Morgan fingerprint density at radius 1 is 1.32 bits per heavy atom. The molecule has 2 rings (SSSR count). The van der Waals surface area contributed by atoms with Crippen molar-refractivity contribution < 1.29 is 15.0 Å². The van der Waals surface area contributed by atoms with Gasteiger partial charge in [0.2, 0.25) is 0 Å². The van der Waals surface area contributed by atoms with Crippen LogP contribution in [0.2, 0.25) is 10.0 Å². The molecule has 122 valence electrons. The number of aliphatic hydroxyl groups excluding tert-OH is 2. The molecule has 1 unspecified atom stereocenters. The maximum atomic E-state index is 12.6. The van der Waals surface area contributed by atoms with Crippen LogP contribution < -0.4 is 0 Å². The second kappa shape index (κ2) is 8.41. The third-order valence-electron chi connectivity index (χ3n) is 3.75. The van der Waals surface area contributed by atoms with Gasteiger partial charge in [0.05, 0.1) is 16.7 Å². The van der Waals surface area contributed by atoms with Crippen molar-refractivity contribution in [3.05, 3.63) is 33.8 Å². The van der Waals surface area contributed by atoms with Gasteiger partial charge in [-0.25, -0.2) is 0 Å². The number of carbonyl (C=O) groups is 1. The smallest absolute Gasteiger partial charge is 0.256 e. The molecule has 1 fully saturated rings. The maximum absolute atomic E-state index is 12.6. The van der Waals surface area contributed by atoms with Crippen LogP contribution >= 0.6 is 35.0 Å². The predicted octanol–water partition coefficient (Wildman–Crippen LogP) is 2.74. The van der Waals surface area contributed by atoms with Crippen molar-refractivity contribution in [2.24, 2.45) is 0 Å². The largest absolute Gasteiger partial charge is 0.395 e. The maximum Gasteiger partial charge on any atom is 0.256 e. The number of aliphatic hydroxyl groups is 2. The third kappa shape index (κ3) is 4.30. The summed E-state index contributed by atoms with van der Waals surface area (Å²) in [6.45, 7) is 0.107. The quantitative estimate of drug-likeness (QED) is 0.844. The summed E-state index contributed by atoms with van der Waals surface area (Å²) in [7, 11) is 0. The molecule has 7 heteroatoms. The highest BCUT2D eigenvalue weighted by atomic mass is 35.5. The van der Waals surface area contributed by atoms with E-state index in [4.69, 9.17) is 23.2 Å². The van der Waals surface area contributed by atoms with Crippen LogP contribution in [0.15, 0.2) is 18.2 Å². The van der Waals surface area contributed by atoms with E-state index in [1.54, 1.807) is 17.0 Å². The van der Waals surface area contributed by atoms with E-state index < -0.39 is 12.0 Å². The molecule has 1 atom stereocenters. The van der Waals surface area contributed by atoms with Gasteiger partial charge in [0, 0.05) is 12.6 Å². The molecule has 1 aromatic carbocycles. The second-order valence-electron chi connectivity index (χ2n) is 5.17. The SMILES string of the molecule is O=C(C(O)c1ccc(Cl)c(Cl)c1)N(CCO)C1CCSCC1. The Kier molecular flexibility index (Phi) is 6.84. The van der Waals surface area contributed by atoms with Crippen LogP contribution in [-0.2, 0) is 4.79 Å². The average Bonchev–Trinajstić information content (AvgIpc) is 2.54. The number of hydrogen-bond acceptors (Lipinski definition) is 4. The van der Waals surface area contributed by atoms with Gasteiger partial charge in [-0.3, -0.25) is 4.79 Å². The summed E-state index contributed by atoms with van der Waals surface area (Å²) in [5, 5.41) is 20.3. The topological polar surface area (TPSA) is 60.8 Å². The Morgan fingerprint density at radius 3 is 2.59 bits per heavy atom. The molecular weight excluding hydrogens is 345 g/mol. The highest BCUT2D eigenvalue weighted by Gasteiger charge is 2.30. The fourth-order valence-electron chi connectivity index (χ4n) is 2.56. The summed E-state index contributed by atoms with van der Waals surface area (Å²) in [5.41, 5.74) is 0.410. The van der Waals surface area contributed by atoms with Crippen molar-refractivity contribution in [1.29, 1.82) is 0 Å². The van der Waals surface area contributed by atoms with Gasteiger partial charge in [0.1, 0.15) is 0 Å². The average molecular weight is 364 g/mol. The van der Waals surface area contributed by atoms with E-state index in [1.165, 1.54) is 6.07 Å². The molecule has 2 N–H and O–H groups in total. The molecular formula is C15H19Cl2NO3S. The number of hydrogen-bond donors (Lipinski definition) is 2. The van der Waals surface area contributed by atoms with Gasteiger partial charge in [-0.2, -0.15) is 11.8 Å². The summed E-state index contributed by atoms with van der Waals surface area (Å²) in [6.07, 6.45) is 0.463. The van der Waals surface area contributed by atoms with Crippen LogP contribution in [0.5, 0.6) is 0 Å². The van der Waals surface area contributed by atoms with E-state index in [0.717, 1.165) is 24.3 Å². The predicted molar refractivity (Wildman–Crippen MR) is 90.6 cm³/mol. The van der Waals surface area contributed by atoms with Crippen LogP contribution in [0.25, 0.3) is 0 Å². The third-order valence-corrected chi connectivity index (χ3v) is 5.54. The summed E-state index contributed by atoms with van der Waals surface area (Å²) >= 11 is 13.7. The molecule has 1 heterocycles. The fraction of sp³-hybridized carbons (Fsp3) is 0.533. The van der Waals surface area contributed by atoms with Crippen LogP contribution in [-0.4, -0.2) is 51.7 Å². The number of amides is 1. The Bertz CT molecular complexity index is 524. The minimum atomic E-state index is -1.30. The van der Waals surface area contributed by atoms with E-state index in [0.29, 0.717) is 15.6 Å². The van der Waals surface area contributed by atoms with E-state index in [9.17, 15) is 15.0 Å². The van der Waals surface area contributed by atoms with Gasteiger partial charge in [-0.15, -0.1) is 0 Å². The highest BCUT2D eigenvalue weighted by Crippen LogP contribution is 2.28. The molecule has 0 aromatic heterocycles. The molecule has 1 aliphatic heterocycles. The zero-order valence-electron chi connectivity index (χ0n) is 12.0. The molecule has 0 bridgehead atoms. The Balaban J connectivity index is 2.15. The van der Waals surface area contributed by atoms with E-state index in [-0.39, 0.29) is 19.2 Å². The standard InChI is InChI=1S/C15H19Cl2NO3S/c16-12-2-1-10(9-13(12)17)14(20)15(21)18(5-6-19)11-3-7-22-8-4-11/h1-2,9,11,14,19-20H,3-8H2. The van der Waals surface area contributed by atoms with Crippen LogP contribution in [0, 0.1) is 0 Å². The lowest BCUT2D eigenvalue weighted by Gasteiger charge is -2.35. The number of halogens is 2. The van der Waals surface area contributed by atoms with Gasteiger partial charge in [0.15, 0.2) is 6.10 Å². The van der Waals surface area contributed by atoms with Gasteiger partial charge in [-0.05, 0) is 42.0 Å². The lowest BCUT2D eigenvalue weighted by atomic mass is 10.0. The van der Waals surface area contributed by atoms with Gasteiger partial charge in [0.25, 0.3) is 5.91 Å². The van der Waals surface area contributed by atoms with Gasteiger partial charge < -0.3 is 15.1 Å². The Morgan fingerprint density at radius 2 is 2.00 bits per heavy atom. The molecule has 22 heavy (non-hydrogen) atoms. The normalized spacial score (nSPS) is 17.3. The van der Waals surface area contributed by atoms with E-state index >= 15 is 0 Å². The number of rotatable bonds is 5. The van der Waals surface area contributed by atoms with Crippen molar-refractivity contribution in [3.8, 4) is 0 Å². The lowest BCUT2D eigenvalue weighted by molar-refractivity contribution is -0.143. The molecule has 4 nitrogen and oxygen atoms in total. The first kappa shape index (κ1) is 17.9.